The second-order valence-corrected chi connectivity index (χ2v) is 9.53. The molecule has 4 N–H and O–H groups in total. The lowest BCUT2D eigenvalue weighted by molar-refractivity contribution is 0.0282. The molecule has 0 aromatic heterocycles. The van der Waals surface area contributed by atoms with Crippen molar-refractivity contribution in [3.05, 3.63) is 0 Å². The van der Waals surface area contributed by atoms with Crippen LogP contribution in [0.25, 0.3) is 0 Å². The highest BCUT2D eigenvalue weighted by molar-refractivity contribution is 4.99. The van der Waals surface area contributed by atoms with Gasteiger partial charge in [0.15, 0.2) is 0 Å². The molecule has 3 unspecified atom stereocenters. The van der Waals surface area contributed by atoms with Gasteiger partial charge >= 0.3 is 0 Å². The molecule has 0 aromatic rings. The van der Waals surface area contributed by atoms with E-state index in [9.17, 15) is 0 Å². The van der Waals surface area contributed by atoms with E-state index >= 15 is 0 Å². The first kappa shape index (κ1) is 38.2. The van der Waals surface area contributed by atoms with Crippen LogP contribution in [0.2, 0.25) is 0 Å². The highest BCUT2D eigenvalue weighted by Gasteiger charge is 2.49. The lowest BCUT2D eigenvalue weighted by Gasteiger charge is -2.47. The number of rotatable bonds is 9. The molecule has 1 saturated carbocycles. The molecule has 0 saturated heterocycles. The summed E-state index contributed by atoms with van der Waals surface area (Å²) in [6, 6.07) is 0.653. The van der Waals surface area contributed by atoms with E-state index in [0.29, 0.717) is 16.9 Å². The maximum absolute atomic E-state index is 5.21. The Morgan fingerprint density at radius 1 is 1.00 bits per heavy atom. The molecule has 0 heterocycles. The molecular formula is C28H67N3. The third-order valence-electron chi connectivity index (χ3n) is 7.06. The number of hydrogen-bond acceptors (Lipinski definition) is 3. The molecule has 1 fully saturated rings. The van der Waals surface area contributed by atoms with Crippen LogP contribution in [0.15, 0.2) is 0 Å². The number of unbranched alkanes of at least 4 members (excludes halogenated alkanes) is 2. The van der Waals surface area contributed by atoms with Crippen molar-refractivity contribution in [2.75, 3.05) is 27.2 Å². The van der Waals surface area contributed by atoms with Gasteiger partial charge in [0.05, 0.1) is 0 Å². The van der Waals surface area contributed by atoms with Gasteiger partial charge in [-0.05, 0) is 69.5 Å². The fourth-order valence-electron chi connectivity index (χ4n) is 4.60. The van der Waals surface area contributed by atoms with E-state index in [1.807, 2.05) is 34.7 Å². The van der Waals surface area contributed by atoms with Gasteiger partial charge in [0, 0.05) is 12.6 Å². The van der Waals surface area contributed by atoms with Crippen molar-refractivity contribution in [3.63, 3.8) is 0 Å². The first-order chi connectivity index (χ1) is 14.6. The van der Waals surface area contributed by atoms with Crippen LogP contribution in [0.5, 0.6) is 0 Å². The predicted octanol–water partition coefficient (Wildman–Crippen LogP) is 7.89. The van der Waals surface area contributed by atoms with Crippen LogP contribution in [-0.2, 0) is 0 Å². The lowest BCUT2D eigenvalue weighted by Crippen LogP contribution is -2.45. The normalized spacial score (nSPS) is 20.7. The van der Waals surface area contributed by atoms with Gasteiger partial charge in [-0.2, -0.15) is 0 Å². The molecule has 1 aliphatic carbocycles. The van der Waals surface area contributed by atoms with Gasteiger partial charge in [0.1, 0.15) is 0 Å². The fraction of sp³-hybridized carbons (Fsp3) is 1.00. The Hall–Kier alpha value is -0.120. The zero-order valence-electron chi connectivity index (χ0n) is 24.7. The molecule has 0 radical (unpaired) electrons. The summed E-state index contributed by atoms with van der Waals surface area (Å²) in [5.74, 6) is 1.65. The molecule has 194 valence electrons. The summed E-state index contributed by atoms with van der Waals surface area (Å²) in [5, 5.41) is 6.53. The van der Waals surface area contributed by atoms with Crippen LogP contribution in [0, 0.1) is 22.7 Å². The molecule has 0 amide bonds. The monoisotopic (exact) mass is 446 g/mol. The van der Waals surface area contributed by atoms with E-state index in [4.69, 9.17) is 5.73 Å². The molecule has 0 bridgehead atoms. The van der Waals surface area contributed by atoms with Crippen LogP contribution in [0.3, 0.4) is 0 Å². The summed E-state index contributed by atoms with van der Waals surface area (Å²) in [6.45, 7) is 28.5. The number of nitrogens with one attached hydrogen (secondary N) is 2. The SMILES string of the molecule is CC.CC.CCC1(C(C)(C)CNC)CCCC1C.CCCCCN.CNC(C)C(C)C. The maximum atomic E-state index is 5.21. The summed E-state index contributed by atoms with van der Waals surface area (Å²) in [4.78, 5) is 0. The largest absolute Gasteiger partial charge is 0.330 e. The smallest absolute Gasteiger partial charge is 0.00587 e. The fourth-order valence-corrected chi connectivity index (χ4v) is 4.60. The van der Waals surface area contributed by atoms with Gasteiger partial charge in [0.25, 0.3) is 0 Å². The van der Waals surface area contributed by atoms with Crippen molar-refractivity contribution in [1.82, 2.24) is 10.6 Å². The minimum atomic E-state index is 0.437. The van der Waals surface area contributed by atoms with Gasteiger partial charge in [0.2, 0.25) is 0 Å². The second-order valence-electron chi connectivity index (χ2n) is 9.53. The van der Waals surface area contributed by atoms with E-state index in [-0.39, 0.29) is 0 Å². The molecular weight excluding hydrogens is 378 g/mol. The van der Waals surface area contributed by atoms with Gasteiger partial charge in [-0.25, -0.2) is 0 Å². The Labute approximate surface area is 200 Å². The lowest BCUT2D eigenvalue weighted by atomic mass is 9.59. The minimum absolute atomic E-state index is 0.437. The van der Waals surface area contributed by atoms with E-state index in [0.717, 1.165) is 24.9 Å². The van der Waals surface area contributed by atoms with Crippen molar-refractivity contribution < 1.29 is 0 Å². The zero-order chi connectivity index (χ0) is 25.5. The van der Waals surface area contributed by atoms with Gasteiger partial charge in [-0.3, -0.25) is 0 Å². The summed E-state index contributed by atoms with van der Waals surface area (Å²) in [6.07, 6.45) is 9.38. The van der Waals surface area contributed by atoms with Crippen molar-refractivity contribution in [2.45, 2.75) is 134 Å². The topological polar surface area (TPSA) is 50.1 Å². The van der Waals surface area contributed by atoms with Crippen LogP contribution in [0.4, 0.5) is 0 Å². The van der Waals surface area contributed by atoms with Gasteiger partial charge in [-0.1, -0.05) is 102 Å². The Morgan fingerprint density at radius 3 is 1.71 bits per heavy atom. The molecule has 0 aliphatic heterocycles. The van der Waals surface area contributed by atoms with Crippen molar-refractivity contribution in [3.8, 4) is 0 Å². The summed E-state index contributed by atoms with van der Waals surface area (Å²) < 4.78 is 0. The standard InChI is InChI=1S/C13H27N.C6H15N.C5H13N.2C2H6/c1-6-13(9-7-8-11(13)2)12(3,4)10-14-5;1-5(2)6(3)7-4;1-2-3-4-5-6;2*1-2/h11,14H,6-10H2,1-5H3;5-7H,1-4H3;2-6H2,1H3;2*1-2H3. The Bertz CT molecular complexity index is 324. The highest BCUT2D eigenvalue weighted by atomic mass is 14.9. The van der Waals surface area contributed by atoms with Crippen LogP contribution in [-0.4, -0.2) is 33.2 Å². The second kappa shape index (κ2) is 24.5. The van der Waals surface area contributed by atoms with Crippen LogP contribution in [0.1, 0.15) is 128 Å². The van der Waals surface area contributed by atoms with Gasteiger partial charge < -0.3 is 16.4 Å². The van der Waals surface area contributed by atoms with Crippen molar-refractivity contribution >= 4 is 0 Å². The van der Waals surface area contributed by atoms with E-state index in [1.54, 1.807) is 0 Å². The first-order valence-corrected chi connectivity index (χ1v) is 13.6. The average Bonchev–Trinajstić information content (AvgIpc) is 3.17. The quantitative estimate of drug-likeness (QED) is 0.316. The highest BCUT2D eigenvalue weighted by Crippen LogP contribution is 2.56. The number of hydrogen-bond donors (Lipinski definition) is 3. The predicted molar refractivity (Wildman–Crippen MR) is 148 cm³/mol. The molecule has 1 rings (SSSR count). The van der Waals surface area contributed by atoms with Gasteiger partial charge in [-0.15, -0.1) is 0 Å². The molecule has 0 spiro atoms. The summed E-state index contributed by atoms with van der Waals surface area (Å²) in [7, 11) is 4.06. The Kier molecular flexibility index (Phi) is 30.2. The van der Waals surface area contributed by atoms with E-state index < -0.39 is 0 Å². The Morgan fingerprint density at radius 2 is 1.52 bits per heavy atom. The van der Waals surface area contributed by atoms with Crippen LogP contribution < -0.4 is 16.4 Å². The number of nitrogens with two attached hydrogens (primary N) is 1. The first-order valence-electron chi connectivity index (χ1n) is 13.6. The molecule has 0 aromatic carbocycles. The van der Waals surface area contributed by atoms with E-state index in [2.05, 4.69) is 73.1 Å². The maximum Gasteiger partial charge on any atom is 0.00587 e. The average molecular weight is 446 g/mol. The molecule has 3 nitrogen and oxygen atoms in total. The van der Waals surface area contributed by atoms with Crippen molar-refractivity contribution in [2.24, 2.45) is 28.4 Å². The van der Waals surface area contributed by atoms with Crippen LogP contribution >= 0.6 is 0 Å². The van der Waals surface area contributed by atoms with E-state index in [1.165, 1.54) is 44.9 Å². The zero-order valence-corrected chi connectivity index (χ0v) is 24.7. The molecule has 1 aliphatic rings. The minimum Gasteiger partial charge on any atom is -0.330 e. The Balaban J connectivity index is -0.000000181. The molecule has 3 heteroatoms. The third-order valence-corrected chi connectivity index (χ3v) is 7.06. The molecule has 3 atom stereocenters. The van der Waals surface area contributed by atoms with Crippen molar-refractivity contribution in [1.29, 1.82) is 0 Å². The summed E-state index contributed by atoms with van der Waals surface area (Å²) in [5.41, 5.74) is 6.23. The molecule has 31 heavy (non-hydrogen) atoms. The summed E-state index contributed by atoms with van der Waals surface area (Å²) >= 11 is 0. The third kappa shape index (κ3) is 16.2.